The molecule has 92 valence electrons. The minimum Gasteiger partial charge on any atom is -0.423 e. The second-order valence-corrected chi connectivity index (χ2v) is 3.93. The van der Waals surface area contributed by atoms with Gasteiger partial charge in [-0.15, -0.1) is 0 Å². The van der Waals surface area contributed by atoms with Crippen molar-refractivity contribution in [1.29, 1.82) is 0 Å². The number of halogens is 1. The molecule has 4 nitrogen and oxygen atoms in total. The van der Waals surface area contributed by atoms with Gasteiger partial charge in [0.2, 0.25) is 0 Å². The average molecular weight is 247 g/mol. The number of rotatable bonds is 3. The average Bonchev–Trinajstić information content (AvgIpc) is 2.31. The Hall–Kier alpha value is -1.92. The SMILES string of the molecule is O=c1ccccn1Cc1cc(F)cc(B(O)O)c1. The van der Waals surface area contributed by atoms with Crippen molar-refractivity contribution in [1.82, 2.24) is 4.57 Å². The van der Waals surface area contributed by atoms with Crippen molar-refractivity contribution in [3.63, 3.8) is 0 Å². The molecule has 0 aliphatic carbocycles. The Bertz CT molecular complexity index is 612. The molecule has 0 saturated carbocycles. The van der Waals surface area contributed by atoms with Gasteiger partial charge < -0.3 is 14.6 Å². The maximum absolute atomic E-state index is 13.3. The summed E-state index contributed by atoms with van der Waals surface area (Å²) >= 11 is 0. The molecule has 0 amide bonds. The molecule has 0 aliphatic rings. The maximum atomic E-state index is 13.3. The van der Waals surface area contributed by atoms with Crippen molar-refractivity contribution in [2.75, 3.05) is 0 Å². The summed E-state index contributed by atoms with van der Waals surface area (Å²) in [4.78, 5) is 11.5. The van der Waals surface area contributed by atoms with Crippen molar-refractivity contribution in [2.24, 2.45) is 0 Å². The largest absolute Gasteiger partial charge is 0.488 e. The molecule has 2 N–H and O–H groups in total. The fraction of sp³-hybridized carbons (Fsp3) is 0.0833. The van der Waals surface area contributed by atoms with Crippen LogP contribution in [-0.2, 0) is 6.54 Å². The zero-order valence-electron chi connectivity index (χ0n) is 9.45. The van der Waals surface area contributed by atoms with E-state index in [1.54, 1.807) is 18.3 Å². The van der Waals surface area contributed by atoms with E-state index < -0.39 is 12.9 Å². The molecule has 0 spiro atoms. The van der Waals surface area contributed by atoms with Gasteiger partial charge in [-0.3, -0.25) is 4.79 Å². The highest BCUT2D eigenvalue weighted by atomic mass is 19.1. The summed E-state index contributed by atoms with van der Waals surface area (Å²) in [5.41, 5.74) is 0.355. The topological polar surface area (TPSA) is 62.5 Å². The van der Waals surface area contributed by atoms with Gasteiger partial charge >= 0.3 is 7.12 Å². The molecule has 2 aromatic rings. The highest BCUT2D eigenvalue weighted by Crippen LogP contribution is 2.04. The predicted molar refractivity (Wildman–Crippen MR) is 66.0 cm³/mol. The third kappa shape index (κ3) is 2.85. The normalized spacial score (nSPS) is 10.4. The Labute approximate surface area is 103 Å². The van der Waals surface area contributed by atoms with E-state index in [0.717, 1.165) is 6.07 Å². The zero-order valence-corrected chi connectivity index (χ0v) is 9.45. The minimum absolute atomic E-state index is 0.0639. The van der Waals surface area contributed by atoms with E-state index in [4.69, 9.17) is 10.0 Å². The van der Waals surface area contributed by atoms with Gasteiger partial charge in [0, 0.05) is 12.3 Å². The summed E-state index contributed by atoms with van der Waals surface area (Å²) in [5.74, 6) is -0.570. The van der Waals surface area contributed by atoms with Crippen LogP contribution >= 0.6 is 0 Å². The first-order chi connectivity index (χ1) is 8.56. The lowest BCUT2D eigenvalue weighted by Gasteiger charge is -2.07. The smallest absolute Gasteiger partial charge is 0.423 e. The van der Waals surface area contributed by atoms with E-state index in [2.05, 4.69) is 0 Å². The van der Waals surface area contributed by atoms with E-state index in [9.17, 15) is 9.18 Å². The van der Waals surface area contributed by atoms with Crippen molar-refractivity contribution in [2.45, 2.75) is 6.54 Å². The molecule has 1 aromatic carbocycles. The van der Waals surface area contributed by atoms with E-state index in [-0.39, 0.29) is 17.6 Å². The fourth-order valence-electron chi connectivity index (χ4n) is 1.70. The Balaban J connectivity index is 2.35. The quantitative estimate of drug-likeness (QED) is 0.733. The summed E-state index contributed by atoms with van der Waals surface area (Å²) in [6, 6.07) is 8.47. The van der Waals surface area contributed by atoms with E-state index in [1.165, 1.54) is 22.8 Å². The maximum Gasteiger partial charge on any atom is 0.488 e. The van der Waals surface area contributed by atoms with Crippen LogP contribution in [0.2, 0.25) is 0 Å². The molecule has 18 heavy (non-hydrogen) atoms. The second-order valence-electron chi connectivity index (χ2n) is 3.93. The first kappa shape index (κ1) is 12.5. The Morgan fingerprint density at radius 3 is 2.67 bits per heavy atom. The van der Waals surface area contributed by atoms with Crippen LogP contribution in [0.25, 0.3) is 0 Å². The van der Waals surface area contributed by atoms with Crippen molar-refractivity contribution in [3.05, 3.63) is 64.3 Å². The fourth-order valence-corrected chi connectivity index (χ4v) is 1.70. The van der Waals surface area contributed by atoms with Crippen LogP contribution < -0.4 is 11.0 Å². The Morgan fingerprint density at radius 2 is 2.00 bits per heavy atom. The van der Waals surface area contributed by atoms with Gasteiger partial charge in [0.05, 0.1) is 6.54 Å². The molecule has 0 unspecified atom stereocenters. The highest BCUT2D eigenvalue weighted by Gasteiger charge is 2.13. The minimum atomic E-state index is -1.73. The molecule has 1 heterocycles. The molecule has 0 fully saturated rings. The monoisotopic (exact) mass is 247 g/mol. The van der Waals surface area contributed by atoms with Crippen molar-refractivity contribution < 1.29 is 14.4 Å². The third-order valence-corrected chi connectivity index (χ3v) is 2.53. The zero-order chi connectivity index (χ0) is 13.1. The lowest BCUT2D eigenvalue weighted by Crippen LogP contribution is -2.31. The van der Waals surface area contributed by atoms with Crippen LogP contribution in [0.3, 0.4) is 0 Å². The van der Waals surface area contributed by atoms with Crippen LogP contribution in [0.5, 0.6) is 0 Å². The van der Waals surface area contributed by atoms with Crippen LogP contribution in [0.4, 0.5) is 4.39 Å². The Morgan fingerprint density at radius 1 is 1.22 bits per heavy atom. The first-order valence-electron chi connectivity index (χ1n) is 5.37. The molecule has 2 rings (SSSR count). The van der Waals surface area contributed by atoms with Gasteiger partial charge in [0.1, 0.15) is 5.82 Å². The lowest BCUT2D eigenvalue weighted by molar-refractivity contribution is 0.425. The molecule has 6 heteroatoms. The lowest BCUT2D eigenvalue weighted by atomic mass is 9.79. The van der Waals surface area contributed by atoms with Gasteiger partial charge in [0.25, 0.3) is 5.56 Å². The number of benzene rings is 1. The molecular weight excluding hydrogens is 236 g/mol. The summed E-state index contributed by atoms with van der Waals surface area (Å²) < 4.78 is 14.7. The van der Waals surface area contributed by atoms with E-state index >= 15 is 0 Å². The first-order valence-corrected chi connectivity index (χ1v) is 5.37. The van der Waals surface area contributed by atoms with Gasteiger partial charge in [-0.2, -0.15) is 0 Å². The third-order valence-electron chi connectivity index (χ3n) is 2.53. The van der Waals surface area contributed by atoms with Gasteiger partial charge in [-0.05, 0) is 29.2 Å². The van der Waals surface area contributed by atoms with E-state index in [1.807, 2.05) is 0 Å². The van der Waals surface area contributed by atoms with Gasteiger partial charge in [-0.1, -0.05) is 12.1 Å². The number of aromatic nitrogens is 1. The summed E-state index contributed by atoms with van der Waals surface area (Å²) in [6.07, 6.45) is 1.59. The van der Waals surface area contributed by atoms with E-state index in [0.29, 0.717) is 5.56 Å². The standard InChI is InChI=1S/C12H11BFNO3/c14-11-6-9(5-10(7-11)13(17)18)8-15-4-2-1-3-12(15)16/h1-7,17-18H,8H2. The highest BCUT2D eigenvalue weighted by molar-refractivity contribution is 6.58. The number of hydrogen-bond donors (Lipinski definition) is 2. The van der Waals surface area contributed by atoms with Crippen LogP contribution in [0.1, 0.15) is 5.56 Å². The van der Waals surface area contributed by atoms with Gasteiger partial charge in [0.15, 0.2) is 0 Å². The van der Waals surface area contributed by atoms with Crippen LogP contribution in [0.15, 0.2) is 47.4 Å². The Kier molecular flexibility index (Phi) is 3.59. The van der Waals surface area contributed by atoms with Gasteiger partial charge in [-0.25, -0.2) is 4.39 Å². The van der Waals surface area contributed by atoms with Crippen LogP contribution in [-0.4, -0.2) is 21.7 Å². The number of pyridine rings is 1. The molecule has 1 aromatic heterocycles. The molecule has 0 radical (unpaired) electrons. The number of hydrogen-bond acceptors (Lipinski definition) is 3. The molecular formula is C12H11BFNO3. The molecule has 0 atom stereocenters. The molecule has 0 aliphatic heterocycles. The van der Waals surface area contributed by atoms with Crippen molar-refractivity contribution >= 4 is 12.6 Å². The summed E-state index contributed by atoms with van der Waals surface area (Å²) in [7, 11) is -1.73. The second kappa shape index (κ2) is 5.16. The summed E-state index contributed by atoms with van der Waals surface area (Å²) in [6.45, 7) is 0.178. The molecule has 0 bridgehead atoms. The van der Waals surface area contributed by atoms with Crippen molar-refractivity contribution in [3.8, 4) is 0 Å². The van der Waals surface area contributed by atoms with Crippen LogP contribution in [0, 0.1) is 5.82 Å². The molecule has 0 saturated heterocycles. The number of nitrogens with zero attached hydrogens (tertiary/aromatic N) is 1. The predicted octanol–water partition coefficient (Wildman–Crippen LogP) is -0.284. The summed E-state index contributed by atoms with van der Waals surface area (Å²) in [5, 5.41) is 18.0.